The number of carbonyl (C=O) groups is 1. The number of alkyl halides is 2. The molecule has 0 aliphatic heterocycles. The van der Waals surface area contributed by atoms with Crippen LogP contribution in [0.3, 0.4) is 0 Å². The Bertz CT molecular complexity index is 212. The van der Waals surface area contributed by atoms with E-state index in [0.717, 1.165) is 0 Å². The number of hydrogen-bond donors (Lipinski definition) is 4. The van der Waals surface area contributed by atoms with Crippen molar-refractivity contribution in [1.82, 2.24) is 0 Å². The summed E-state index contributed by atoms with van der Waals surface area (Å²) in [4.78, 5) is 10.0. The standard InChI is InChI=1S/C6H10F2O5/c7-6(8,2-10)5(13)4(12)3(11)1-9/h2-5,9,11-13H,1H2/t3-,4-,5+/m1/s1/i2D. The molecule has 3 atom stereocenters. The lowest BCUT2D eigenvalue weighted by atomic mass is 10.0. The molecular formula is C6H10F2O5. The van der Waals surface area contributed by atoms with Crippen LogP contribution in [-0.2, 0) is 4.79 Å². The third kappa shape index (κ3) is 2.96. The van der Waals surface area contributed by atoms with Gasteiger partial charge in [-0.1, -0.05) is 0 Å². The molecule has 0 aromatic heterocycles. The molecule has 0 rings (SSSR count). The number of aldehydes is 1. The Labute approximate surface area is 73.6 Å². The fourth-order valence-corrected chi connectivity index (χ4v) is 0.593. The summed E-state index contributed by atoms with van der Waals surface area (Å²) in [6.07, 6.45) is -9.71. The van der Waals surface area contributed by atoms with Gasteiger partial charge in [-0.3, -0.25) is 4.79 Å². The van der Waals surface area contributed by atoms with Gasteiger partial charge in [0.05, 0.1) is 6.61 Å². The minimum absolute atomic E-state index is 1.06. The predicted molar refractivity (Wildman–Crippen MR) is 36.1 cm³/mol. The van der Waals surface area contributed by atoms with E-state index in [-0.39, 0.29) is 0 Å². The highest BCUT2D eigenvalue weighted by Gasteiger charge is 2.44. The van der Waals surface area contributed by atoms with Crippen LogP contribution in [0.1, 0.15) is 1.37 Å². The van der Waals surface area contributed by atoms with Gasteiger partial charge in [0.1, 0.15) is 13.6 Å². The Morgan fingerprint density at radius 2 is 1.92 bits per heavy atom. The first kappa shape index (κ1) is 10.5. The Morgan fingerprint density at radius 3 is 2.23 bits per heavy atom. The van der Waals surface area contributed by atoms with E-state index in [1.54, 1.807) is 0 Å². The van der Waals surface area contributed by atoms with Crippen molar-refractivity contribution in [3.05, 3.63) is 0 Å². The Morgan fingerprint density at radius 1 is 1.46 bits per heavy atom. The molecule has 0 bridgehead atoms. The number of halogens is 2. The fourth-order valence-electron chi connectivity index (χ4n) is 0.593. The molecule has 0 unspecified atom stereocenters. The van der Waals surface area contributed by atoms with Gasteiger partial charge in [-0.05, 0) is 0 Å². The van der Waals surface area contributed by atoms with Crippen LogP contribution < -0.4 is 0 Å². The summed E-state index contributed by atoms with van der Waals surface area (Å²) in [6.45, 7) is -1.06. The lowest BCUT2D eigenvalue weighted by Gasteiger charge is -2.24. The monoisotopic (exact) mass is 201 g/mol. The van der Waals surface area contributed by atoms with Gasteiger partial charge in [-0.25, -0.2) is 0 Å². The molecule has 0 heterocycles. The molecule has 0 aliphatic carbocycles. The van der Waals surface area contributed by atoms with E-state index in [1.165, 1.54) is 0 Å². The lowest BCUT2D eigenvalue weighted by molar-refractivity contribution is -0.177. The second-order valence-corrected chi connectivity index (χ2v) is 2.41. The van der Waals surface area contributed by atoms with Gasteiger partial charge < -0.3 is 20.4 Å². The Hall–Kier alpha value is -0.630. The molecule has 4 N–H and O–H groups in total. The van der Waals surface area contributed by atoms with Gasteiger partial charge >= 0.3 is 5.92 Å². The van der Waals surface area contributed by atoms with Crippen LogP contribution in [-0.4, -0.2) is 57.5 Å². The minimum Gasteiger partial charge on any atom is -0.394 e. The van der Waals surface area contributed by atoms with Gasteiger partial charge in [0, 0.05) is 0 Å². The largest absolute Gasteiger partial charge is 0.394 e. The average molecular weight is 201 g/mol. The molecule has 0 saturated heterocycles. The molecule has 0 spiro atoms. The molecule has 5 nitrogen and oxygen atoms in total. The van der Waals surface area contributed by atoms with Crippen molar-refractivity contribution in [2.24, 2.45) is 0 Å². The van der Waals surface area contributed by atoms with Crippen molar-refractivity contribution in [2.45, 2.75) is 24.2 Å². The van der Waals surface area contributed by atoms with Crippen LogP contribution in [0.25, 0.3) is 0 Å². The molecule has 78 valence electrons. The van der Waals surface area contributed by atoms with Crippen LogP contribution in [0.4, 0.5) is 8.78 Å². The maximum Gasteiger partial charge on any atom is 0.330 e. The topological polar surface area (TPSA) is 98.0 Å². The number of rotatable bonds is 5. The van der Waals surface area contributed by atoms with Gasteiger partial charge in [0.2, 0.25) is 0 Å². The first-order valence-corrected chi connectivity index (χ1v) is 3.29. The third-order valence-electron chi connectivity index (χ3n) is 1.41. The van der Waals surface area contributed by atoms with Crippen LogP contribution in [0.15, 0.2) is 0 Å². The Kier molecular flexibility index (Phi) is 3.67. The van der Waals surface area contributed by atoms with E-state index >= 15 is 0 Å². The highest BCUT2D eigenvalue weighted by Crippen LogP contribution is 2.19. The van der Waals surface area contributed by atoms with Gasteiger partial charge in [-0.2, -0.15) is 8.78 Å². The third-order valence-corrected chi connectivity index (χ3v) is 1.41. The summed E-state index contributed by atoms with van der Waals surface area (Å²) in [6, 6.07) is 0. The zero-order chi connectivity index (χ0) is 11.5. The molecule has 0 aromatic rings. The highest BCUT2D eigenvalue weighted by molar-refractivity contribution is 5.60. The highest BCUT2D eigenvalue weighted by atomic mass is 19.3. The molecule has 0 aliphatic rings. The number of carbonyl (C=O) groups excluding carboxylic acids is 1. The van der Waals surface area contributed by atoms with E-state index in [2.05, 4.69) is 0 Å². The van der Waals surface area contributed by atoms with Crippen LogP contribution in [0.2, 0.25) is 0 Å². The van der Waals surface area contributed by atoms with Crippen molar-refractivity contribution in [3.8, 4) is 0 Å². The SMILES string of the molecule is [2H]C(=O)C(F)(F)[C@@H](O)[C@H](O)[C@H](O)CO. The molecule has 13 heavy (non-hydrogen) atoms. The van der Waals surface area contributed by atoms with E-state index < -0.39 is 37.1 Å². The second-order valence-electron chi connectivity index (χ2n) is 2.41. The smallest absolute Gasteiger partial charge is 0.330 e. The maximum atomic E-state index is 12.5. The van der Waals surface area contributed by atoms with Crippen LogP contribution >= 0.6 is 0 Å². The van der Waals surface area contributed by atoms with Crippen molar-refractivity contribution in [2.75, 3.05) is 6.61 Å². The molecule has 0 saturated carbocycles. The van der Waals surface area contributed by atoms with Crippen molar-refractivity contribution in [3.63, 3.8) is 0 Å². The lowest BCUT2D eigenvalue weighted by Crippen LogP contribution is -2.50. The van der Waals surface area contributed by atoms with Gasteiger partial charge in [-0.15, -0.1) is 0 Å². The second kappa shape index (κ2) is 4.56. The summed E-state index contributed by atoms with van der Waals surface area (Å²) in [7, 11) is 0. The molecule has 0 amide bonds. The molecule has 7 heteroatoms. The van der Waals surface area contributed by atoms with E-state index in [9.17, 15) is 13.6 Å². The average Bonchev–Trinajstić information content (AvgIpc) is 2.13. The van der Waals surface area contributed by atoms with Crippen molar-refractivity contribution < 1.29 is 35.4 Å². The van der Waals surface area contributed by atoms with Crippen molar-refractivity contribution >= 4 is 6.26 Å². The van der Waals surface area contributed by atoms with Gasteiger partial charge in [0.15, 0.2) is 12.4 Å². The van der Waals surface area contributed by atoms with E-state index in [1.807, 2.05) is 0 Å². The first-order chi connectivity index (χ1) is 6.25. The van der Waals surface area contributed by atoms with E-state index in [0.29, 0.717) is 0 Å². The molecule has 0 fully saturated rings. The maximum absolute atomic E-state index is 12.5. The van der Waals surface area contributed by atoms with E-state index in [4.69, 9.17) is 21.8 Å². The summed E-state index contributed by atoms with van der Waals surface area (Å²) in [5.74, 6) is -4.48. The summed E-state index contributed by atoms with van der Waals surface area (Å²) in [5, 5.41) is 34.4. The zero-order valence-corrected chi connectivity index (χ0v) is 6.39. The van der Waals surface area contributed by atoms with Crippen LogP contribution in [0, 0.1) is 0 Å². The quantitative estimate of drug-likeness (QED) is 0.382. The fraction of sp³-hybridized carbons (Fsp3) is 0.833. The normalized spacial score (nSPS) is 20.3. The predicted octanol–water partition coefficient (Wildman–Crippen LogP) is -2.10. The Balaban J connectivity index is 4.60. The summed E-state index contributed by atoms with van der Waals surface area (Å²) >= 11 is 0. The number of hydrogen-bond acceptors (Lipinski definition) is 5. The number of aliphatic hydroxyl groups is 4. The zero-order valence-electron chi connectivity index (χ0n) is 7.39. The molecule has 0 aromatic carbocycles. The van der Waals surface area contributed by atoms with Gasteiger partial charge in [0.25, 0.3) is 0 Å². The number of aliphatic hydroxyl groups excluding tert-OH is 4. The van der Waals surface area contributed by atoms with Crippen molar-refractivity contribution in [1.29, 1.82) is 0 Å². The van der Waals surface area contributed by atoms with Crippen LogP contribution in [0.5, 0.6) is 0 Å². The first-order valence-electron chi connectivity index (χ1n) is 3.79. The summed E-state index contributed by atoms with van der Waals surface area (Å²) in [5.41, 5.74) is 0. The minimum atomic E-state index is -4.48. The molecular weight excluding hydrogens is 190 g/mol. The molecule has 0 radical (unpaired) electrons. The summed E-state index contributed by atoms with van der Waals surface area (Å²) < 4.78 is 31.2.